The number of rotatable bonds is 5. The zero-order valence-corrected chi connectivity index (χ0v) is 19.1. The van der Waals surface area contributed by atoms with Gasteiger partial charge in [-0.3, -0.25) is 24.0 Å². The van der Waals surface area contributed by atoms with Crippen LogP contribution in [0.25, 0.3) is 17.0 Å². The maximum Gasteiger partial charge on any atom is 0.416 e. The van der Waals surface area contributed by atoms with Crippen molar-refractivity contribution in [2.45, 2.75) is 12.7 Å². The summed E-state index contributed by atoms with van der Waals surface area (Å²) in [6.45, 7) is -0.965. The van der Waals surface area contributed by atoms with Gasteiger partial charge in [-0.25, -0.2) is 0 Å². The van der Waals surface area contributed by atoms with Crippen molar-refractivity contribution >= 4 is 69.1 Å². The topological polar surface area (TPSA) is 92.5 Å². The van der Waals surface area contributed by atoms with Gasteiger partial charge in [0.05, 0.1) is 22.5 Å². The fraction of sp³-hybridized carbons (Fsp3) is 0.143. The Balaban J connectivity index is 1.67. The normalized spacial score (nSPS) is 15.7. The number of fused-ring (bicyclic) bond motifs is 1. The van der Waals surface area contributed by atoms with Gasteiger partial charge in [0, 0.05) is 10.4 Å². The van der Waals surface area contributed by atoms with Crippen LogP contribution in [0.3, 0.4) is 0 Å². The van der Waals surface area contributed by atoms with Crippen LogP contribution in [0.4, 0.5) is 18.0 Å². The number of carboxylic acid groups (broad SMARTS) is 1. The number of carbonyl (C=O) groups is 3. The summed E-state index contributed by atoms with van der Waals surface area (Å²) in [7, 11) is 0. The fourth-order valence-electron chi connectivity index (χ4n) is 3.40. The van der Waals surface area contributed by atoms with Crippen LogP contribution < -0.4 is 0 Å². The second-order valence-electron chi connectivity index (χ2n) is 7.19. The van der Waals surface area contributed by atoms with E-state index in [9.17, 15) is 27.6 Å². The molecule has 2 amide bonds. The maximum absolute atomic E-state index is 13.4. The molecule has 4 rings (SSSR count). The van der Waals surface area contributed by atoms with Crippen LogP contribution in [0, 0.1) is 0 Å². The van der Waals surface area contributed by atoms with E-state index in [0.29, 0.717) is 33.1 Å². The molecule has 1 saturated heterocycles. The number of benzene rings is 2. The molecule has 0 unspecified atom stereocenters. The SMILES string of the molecule is O=C(O)CN1C(=O)SC(=Cc2ccc3c(c2)c(Cl)nn3Cc2ccc(Cl)cc2C(F)(F)F)C1=O. The average molecular weight is 530 g/mol. The van der Waals surface area contributed by atoms with Gasteiger partial charge in [-0.05, 0) is 53.2 Å². The number of thioether (sulfide) groups is 1. The van der Waals surface area contributed by atoms with Gasteiger partial charge < -0.3 is 5.11 Å². The van der Waals surface area contributed by atoms with Gasteiger partial charge in [-0.1, -0.05) is 35.3 Å². The van der Waals surface area contributed by atoms with Crippen LogP contribution in [-0.4, -0.2) is 43.4 Å². The molecule has 34 heavy (non-hydrogen) atoms. The van der Waals surface area contributed by atoms with Crippen molar-refractivity contribution in [3.8, 4) is 0 Å². The minimum absolute atomic E-state index is 0.0325. The highest BCUT2D eigenvalue weighted by Crippen LogP contribution is 2.36. The molecule has 0 radical (unpaired) electrons. The van der Waals surface area contributed by atoms with Crippen molar-refractivity contribution in [3.05, 3.63) is 68.2 Å². The molecule has 176 valence electrons. The summed E-state index contributed by atoms with van der Waals surface area (Å²) >= 11 is 12.6. The van der Waals surface area contributed by atoms with E-state index in [4.69, 9.17) is 28.3 Å². The van der Waals surface area contributed by atoms with E-state index in [1.54, 1.807) is 18.2 Å². The second kappa shape index (κ2) is 8.97. The number of nitrogens with zero attached hydrogens (tertiary/aromatic N) is 3. The number of amides is 2. The molecule has 0 bridgehead atoms. The molecular weight excluding hydrogens is 518 g/mol. The van der Waals surface area contributed by atoms with E-state index in [1.165, 1.54) is 22.9 Å². The molecule has 1 aliphatic rings. The van der Waals surface area contributed by atoms with Gasteiger partial charge in [-0.15, -0.1) is 0 Å². The quantitative estimate of drug-likeness (QED) is 0.436. The fourth-order valence-corrected chi connectivity index (χ4v) is 4.66. The van der Waals surface area contributed by atoms with Gasteiger partial charge in [0.15, 0.2) is 5.15 Å². The van der Waals surface area contributed by atoms with E-state index in [2.05, 4.69) is 5.10 Å². The number of aromatic nitrogens is 2. The number of alkyl halides is 3. The van der Waals surface area contributed by atoms with Gasteiger partial charge >= 0.3 is 12.1 Å². The number of imide groups is 1. The monoisotopic (exact) mass is 529 g/mol. The van der Waals surface area contributed by atoms with Gasteiger partial charge in [0.2, 0.25) is 0 Å². The van der Waals surface area contributed by atoms with Crippen molar-refractivity contribution in [1.82, 2.24) is 14.7 Å². The lowest BCUT2D eigenvalue weighted by Crippen LogP contribution is -2.33. The highest BCUT2D eigenvalue weighted by atomic mass is 35.5. The third-order valence-electron chi connectivity index (χ3n) is 4.89. The first kappa shape index (κ1) is 24.1. The van der Waals surface area contributed by atoms with Crippen LogP contribution in [0.2, 0.25) is 10.2 Å². The minimum atomic E-state index is -4.61. The first-order valence-electron chi connectivity index (χ1n) is 9.43. The molecule has 7 nitrogen and oxygen atoms in total. The van der Waals surface area contributed by atoms with E-state index >= 15 is 0 Å². The Morgan fingerprint density at radius 1 is 1.15 bits per heavy atom. The van der Waals surface area contributed by atoms with Gasteiger partial charge in [0.1, 0.15) is 6.54 Å². The Labute approximate surface area is 203 Å². The molecule has 2 heterocycles. The molecule has 1 N–H and O–H groups in total. The lowest BCUT2D eigenvalue weighted by atomic mass is 10.1. The van der Waals surface area contributed by atoms with Crippen molar-refractivity contribution in [2.24, 2.45) is 0 Å². The highest BCUT2D eigenvalue weighted by molar-refractivity contribution is 8.18. The van der Waals surface area contributed by atoms with Crippen molar-refractivity contribution < 1.29 is 32.7 Å². The predicted molar refractivity (Wildman–Crippen MR) is 121 cm³/mol. The molecule has 0 spiro atoms. The smallest absolute Gasteiger partial charge is 0.416 e. The first-order valence-corrected chi connectivity index (χ1v) is 11.0. The average Bonchev–Trinajstić information content (AvgIpc) is 3.19. The van der Waals surface area contributed by atoms with Crippen molar-refractivity contribution in [3.63, 3.8) is 0 Å². The van der Waals surface area contributed by atoms with E-state index in [1.807, 2.05) is 0 Å². The third kappa shape index (κ3) is 4.77. The molecule has 1 aromatic heterocycles. The molecule has 0 saturated carbocycles. The predicted octanol–water partition coefficient (Wildman–Crippen LogP) is 5.53. The Hall–Kier alpha value is -3.02. The Bertz CT molecular complexity index is 1390. The van der Waals surface area contributed by atoms with Crippen LogP contribution in [0.15, 0.2) is 41.3 Å². The molecule has 2 aromatic carbocycles. The highest BCUT2D eigenvalue weighted by Gasteiger charge is 2.36. The van der Waals surface area contributed by atoms with E-state index in [-0.39, 0.29) is 27.2 Å². The minimum Gasteiger partial charge on any atom is -0.480 e. The summed E-state index contributed by atoms with van der Waals surface area (Å²) in [6.07, 6.45) is -3.20. The number of hydrogen-bond acceptors (Lipinski definition) is 5. The Kier molecular flexibility index (Phi) is 6.36. The molecule has 1 fully saturated rings. The molecule has 0 atom stereocenters. The van der Waals surface area contributed by atoms with Gasteiger partial charge in [0.25, 0.3) is 11.1 Å². The number of halogens is 5. The Morgan fingerprint density at radius 3 is 2.56 bits per heavy atom. The van der Waals surface area contributed by atoms with Crippen LogP contribution >= 0.6 is 35.0 Å². The largest absolute Gasteiger partial charge is 0.480 e. The summed E-state index contributed by atoms with van der Waals surface area (Å²) in [4.78, 5) is 35.8. The number of hydrogen-bond donors (Lipinski definition) is 1. The summed E-state index contributed by atoms with van der Waals surface area (Å²) in [5.41, 5.74) is -0.0101. The zero-order valence-electron chi connectivity index (χ0n) is 16.8. The number of aliphatic carboxylic acids is 1. The maximum atomic E-state index is 13.4. The molecule has 1 aliphatic heterocycles. The van der Waals surface area contributed by atoms with Crippen LogP contribution in [-0.2, 0) is 22.3 Å². The standard InChI is InChI=1S/C21H12Cl2F3N3O4S/c22-12-3-2-11(14(7-12)21(24,25)26)8-29-15-4-1-10(5-13(15)18(23)27-29)6-16-19(32)28(9-17(30)31)20(33)34-16/h1-7H,8-9H2,(H,30,31). The molecular formula is C21H12Cl2F3N3O4S. The summed E-state index contributed by atoms with van der Waals surface area (Å²) in [6, 6.07) is 8.20. The molecule has 0 aliphatic carbocycles. The second-order valence-corrected chi connectivity index (χ2v) is 8.97. The summed E-state index contributed by atoms with van der Waals surface area (Å²) in [5, 5.41) is 12.7. The Morgan fingerprint density at radius 2 is 1.88 bits per heavy atom. The van der Waals surface area contributed by atoms with E-state index < -0.39 is 35.4 Å². The lowest BCUT2D eigenvalue weighted by Gasteiger charge is -2.14. The summed E-state index contributed by atoms with van der Waals surface area (Å²) < 4.78 is 41.6. The third-order valence-corrected chi connectivity index (χ3v) is 6.31. The first-order chi connectivity index (χ1) is 15.9. The number of carboxylic acids is 1. The van der Waals surface area contributed by atoms with Crippen molar-refractivity contribution in [1.29, 1.82) is 0 Å². The molecule has 3 aromatic rings. The van der Waals surface area contributed by atoms with Crippen LogP contribution in [0.1, 0.15) is 16.7 Å². The van der Waals surface area contributed by atoms with Crippen molar-refractivity contribution in [2.75, 3.05) is 6.54 Å². The molecule has 13 heteroatoms. The summed E-state index contributed by atoms with van der Waals surface area (Å²) in [5.74, 6) is -2.06. The van der Waals surface area contributed by atoms with Gasteiger partial charge in [-0.2, -0.15) is 18.3 Å². The van der Waals surface area contributed by atoms with Crippen LogP contribution in [0.5, 0.6) is 0 Å². The zero-order chi connectivity index (χ0) is 24.8. The lowest BCUT2D eigenvalue weighted by molar-refractivity contribution is -0.140. The van der Waals surface area contributed by atoms with E-state index in [0.717, 1.165) is 6.07 Å². The number of carbonyl (C=O) groups excluding carboxylic acids is 2.